The van der Waals surface area contributed by atoms with Crippen LogP contribution in [0.25, 0.3) is 0 Å². The van der Waals surface area contributed by atoms with Crippen LogP contribution in [0.4, 0.5) is 18.9 Å². The Bertz CT molecular complexity index is 513. The van der Waals surface area contributed by atoms with Crippen molar-refractivity contribution in [1.29, 1.82) is 0 Å². The number of carbonyl (C=O) groups excluding carboxylic acids is 2. The molecule has 4 nitrogen and oxygen atoms in total. The van der Waals surface area contributed by atoms with Crippen molar-refractivity contribution in [2.75, 3.05) is 11.9 Å². The van der Waals surface area contributed by atoms with E-state index in [1.807, 2.05) is 19.2 Å². The molecule has 0 saturated heterocycles. The Labute approximate surface area is 120 Å². The fourth-order valence-electron chi connectivity index (χ4n) is 1.57. The Kier molecular flexibility index (Phi) is 5.75. The molecule has 0 spiro atoms. The summed E-state index contributed by atoms with van der Waals surface area (Å²) in [4.78, 5) is 23.1. The van der Waals surface area contributed by atoms with E-state index in [4.69, 9.17) is 0 Å². The van der Waals surface area contributed by atoms with E-state index in [-0.39, 0.29) is 0 Å². The summed E-state index contributed by atoms with van der Waals surface area (Å²) in [7, 11) is 0. The van der Waals surface area contributed by atoms with Crippen LogP contribution in [-0.4, -0.2) is 18.4 Å². The first-order valence-electron chi connectivity index (χ1n) is 6.47. The zero-order valence-corrected chi connectivity index (χ0v) is 11.8. The molecule has 0 radical (unpaired) electrons. The summed E-state index contributed by atoms with van der Waals surface area (Å²) in [6, 6.07) is 4.50. The average Bonchev–Trinajstić information content (AvgIpc) is 2.37. The molecule has 1 rings (SSSR count). The molecule has 0 unspecified atom stereocenters. The highest BCUT2D eigenvalue weighted by Gasteiger charge is 2.33. The highest BCUT2D eigenvalue weighted by atomic mass is 19.4. The highest BCUT2D eigenvalue weighted by Crippen LogP contribution is 2.34. The van der Waals surface area contributed by atoms with Gasteiger partial charge in [-0.2, -0.15) is 13.2 Å². The fourth-order valence-corrected chi connectivity index (χ4v) is 1.57. The number of carbonyl (C=O) groups is 2. The molecule has 2 amide bonds. The molecule has 0 heterocycles. The lowest BCUT2D eigenvalue weighted by Crippen LogP contribution is -2.36. The fraction of sp³-hybridized carbons (Fsp3) is 0.429. The third-order valence-electron chi connectivity index (χ3n) is 2.69. The maximum atomic E-state index is 12.7. The van der Waals surface area contributed by atoms with E-state index in [2.05, 4.69) is 5.32 Å². The van der Waals surface area contributed by atoms with Gasteiger partial charge in [-0.25, -0.2) is 0 Å². The van der Waals surface area contributed by atoms with E-state index in [1.165, 1.54) is 12.1 Å². The lowest BCUT2D eigenvalue weighted by atomic mass is 10.1. The van der Waals surface area contributed by atoms with Gasteiger partial charge in [0.05, 0.1) is 11.3 Å². The van der Waals surface area contributed by atoms with Gasteiger partial charge in [0.2, 0.25) is 0 Å². The van der Waals surface area contributed by atoms with Crippen LogP contribution < -0.4 is 10.6 Å². The number of hydrogen-bond acceptors (Lipinski definition) is 2. The Morgan fingerprint density at radius 1 is 1.14 bits per heavy atom. The number of hydrogen-bond donors (Lipinski definition) is 2. The first-order chi connectivity index (χ1) is 9.71. The number of amides is 2. The molecule has 1 aromatic carbocycles. The van der Waals surface area contributed by atoms with Crippen molar-refractivity contribution in [3.05, 3.63) is 29.8 Å². The number of halogens is 3. The first kappa shape index (κ1) is 17.0. The molecule has 0 aliphatic rings. The smallest absolute Gasteiger partial charge is 0.348 e. The van der Waals surface area contributed by atoms with Crippen molar-refractivity contribution >= 4 is 17.5 Å². The lowest BCUT2D eigenvalue weighted by molar-refractivity contribution is -0.138. The van der Waals surface area contributed by atoms with E-state index in [1.54, 1.807) is 0 Å². The van der Waals surface area contributed by atoms with Gasteiger partial charge in [-0.15, -0.1) is 0 Å². The maximum Gasteiger partial charge on any atom is 0.418 e. The molecular weight excluding hydrogens is 285 g/mol. The Morgan fingerprint density at radius 2 is 1.76 bits per heavy atom. The summed E-state index contributed by atoms with van der Waals surface area (Å²) >= 11 is 0. The van der Waals surface area contributed by atoms with E-state index >= 15 is 0 Å². The van der Waals surface area contributed by atoms with Gasteiger partial charge in [0.15, 0.2) is 0 Å². The minimum absolute atomic E-state index is 0.296. The normalized spacial score (nSPS) is 11.3. The zero-order valence-electron chi connectivity index (χ0n) is 11.8. The van der Waals surface area contributed by atoms with Crippen molar-refractivity contribution in [3.8, 4) is 0 Å². The molecule has 2 N–H and O–H groups in total. The monoisotopic (exact) mass is 302 g/mol. The number of para-hydroxylation sites is 1. The first-order valence-corrected chi connectivity index (χ1v) is 6.47. The topological polar surface area (TPSA) is 58.2 Å². The van der Waals surface area contributed by atoms with Crippen LogP contribution in [0.5, 0.6) is 0 Å². The van der Waals surface area contributed by atoms with E-state index in [0.717, 1.165) is 12.1 Å². The molecule has 0 saturated carbocycles. The number of alkyl halides is 3. The minimum Gasteiger partial charge on any atom is -0.348 e. The van der Waals surface area contributed by atoms with Crippen molar-refractivity contribution in [3.63, 3.8) is 0 Å². The van der Waals surface area contributed by atoms with Crippen LogP contribution in [0.3, 0.4) is 0 Å². The Hall–Kier alpha value is -2.05. The number of benzene rings is 1. The minimum atomic E-state index is -4.60. The van der Waals surface area contributed by atoms with E-state index in [9.17, 15) is 22.8 Å². The molecule has 0 fully saturated rings. The summed E-state index contributed by atoms with van der Waals surface area (Å²) < 4.78 is 38.2. The van der Waals surface area contributed by atoms with Gasteiger partial charge < -0.3 is 10.6 Å². The second-order valence-corrected chi connectivity index (χ2v) is 4.94. The maximum absolute atomic E-state index is 12.7. The molecule has 7 heteroatoms. The van der Waals surface area contributed by atoms with E-state index in [0.29, 0.717) is 18.9 Å². The second-order valence-electron chi connectivity index (χ2n) is 4.94. The lowest BCUT2D eigenvalue weighted by Gasteiger charge is -2.13. The molecule has 1 aromatic rings. The predicted octanol–water partition coefficient (Wildman–Crippen LogP) is 2.81. The van der Waals surface area contributed by atoms with Crippen LogP contribution in [0.1, 0.15) is 25.8 Å². The van der Waals surface area contributed by atoms with E-state index < -0.39 is 29.2 Å². The summed E-state index contributed by atoms with van der Waals surface area (Å²) in [5, 5.41) is 4.34. The number of nitrogens with one attached hydrogen (secondary N) is 2. The largest absolute Gasteiger partial charge is 0.418 e. The van der Waals surface area contributed by atoms with Gasteiger partial charge in [-0.05, 0) is 24.5 Å². The van der Waals surface area contributed by atoms with Crippen molar-refractivity contribution in [2.24, 2.45) is 5.92 Å². The molecule has 0 atom stereocenters. The van der Waals surface area contributed by atoms with Gasteiger partial charge in [0, 0.05) is 6.54 Å². The molecule has 116 valence electrons. The highest BCUT2D eigenvalue weighted by molar-refractivity contribution is 6.39. The van der Waals surface area contributed by atoms with Crippen molar-refractivity contribution in [1.82, 2.24) is 5.32 Å². The summed E-state index contributed by atoms with van der Waals surface area (Å²) in [6.07, 6.45) is -3.92. The quantitative estimate of drug-likeness (QED) is 0.840. The number of rotatable bonds is 4. The summed E-state index contributed by atoms with van der Waals surface area (Å²) in [5.74, 6) is -1.72. The standard InChI is InChI=1S/C14H17F3N2O2/c1-9(2)7-8-18-12(20)13(21)19-11-6-4-3-5-10(11)14(15,16)17/h3-6,9H,7-8H2,1-2H3,(H,18,20)(H,19,21). The molecule has 0 bridgehead atoms. The third kappa shape index (κ3) is 5.45. The van der Waals surface area contributed by atoms with Crippen LogP contribution in [-0.2, 0) is 15.8 Å². The number of anilines is 1. The SMILES string of the molecule is CC(C)CCNC(=O)C(=O)Nc1ccccc1C(F)(F)F. The van der Waals surface area contributed by atoms with Gasteiger partial charge >= 0.3 is 18.0 Å². The molecule has 0 aliphatic heterocycles. The van der Waals surface area contributed by atoms with Crippen LogP contribution in [0, 0.1) is 5.92 Å². The van der Waals surface area contributed by atoms with Crippen LogP contribution >= 0.6 is 0 Å². The predicted molar refractivity (Wildman–Crippen MR) is 72.5 cm³/mol. The Morgan fingerprint density at radius 3 is 2.33 bits per heavy atom. The Balaban J connectivity index is 2.69. The van der Waals surface area contributed by atoms with Gasteiger partial charge in [-0.1, -0.05) is 26.0 Å². The zero-order chi connectivity index (χ0) is 16.0. The molecule has 21 heavy (non-hydrogen) atoms. The summed E-state index contributed by atoms with van der Waals surface area (Å²) in [5.41, 5.74) is -1.43. The average molecular weight is 302 g/mol. The van der Waals surface area contributed by atoms with Crippen molar-refractivity contribution < 1.29 is 22.8 Å². The van der Waals surface area contributed by atoms with Crippen LogP contribution in [0.15, 0.2) is 24.3 Å². The van der Waals surface area contributed by atoms with Crippen molar-refractivity contribution in [2.45, 2.75) is 26.4 Å². The van der Waals surface area contributed by atoms with Gasteiger partial charge in [0.1, 0.15) is 0 Å². The second kappa shape index (κ2) is 7.10. The summed E-state index contributed by atoms with van der Waals surface area (Å²) in [6.45, 7) is 4.20. The molecule has 0 aromatic heterocycles. The molecular formula is C14H17F3N2O2. The van der Waals surface area contributed by atoms with Gasteiger partial charge in [0.25, 0.3) is 0 Å². The van der Waals surface area contributed by atoms with Crippen LogP contribution in [0.2, 0.25) is 0 Å². The van der Waals surface area contributed by atoms with Gasteiger partial charge in [-0.3, -0.25) is 9.59 Å². The third-order valence-corrected chi connectivity index (χ3v) is 2.69. The molecule has 0 aliphatic carbocycles.